The van der Waals surface area contributed by atoms with Crippen LogP contribution in [0.1, 0.15) is 38.5 Å². The fourth-order valence-corrected chi connectivity index (χ4v) is 3.35. The van der Waals surface area contributed by atoms with Crippen LogP contribution >= 0.6 is 0 Å². The zero-order valence-electron chi connectivity index (χ0n) is 8.67. The highest BCUT2D eigenvalue weighted by atomic mass is 16.2. The van der Waals surface area contributed by atoms with Crippen molar-refractivity contribution in [2.45, 2.75) is 38.5 Å². The van der Waals surface area contributed by atoms with E-state index in [9.17, 15) is 4.79 Å². The lowest BCUT2D eigenvalue weighted by molar-refractivity contribution is -0.122. The van der Waals surface area contributed by atoms with Gasteiger partial charge in [-0.05, 0) is 49.9 Å². The molecule has 3 atom stereocenters. The molecule has 3 fully saturated rings. The van der Waals surface area contributed by atoms with E-state index in [1.54, 1.807) is 0 Å². The SMILES string of the molecule is O=C(NCC1CC2CCC1C2)C1CC1. The van der Waals surface area contributed by atoms with E-state index in [0.29, 0.717) is 11.8 Å². The monoisotopic (exact) mass is 193 g/mol. The van der Waals surface area contributed by atoms with Crippen molar-refractivity contribution in [2.75, 3.05) is 6.54 Å². The molecule has 0 heterocycles. The van der Waals surface area contributed by atoms with Gasteiger partial charge in [-0.3, -0.25) is 4.79 Å². The molecule has 0 aromatic rings. The van der Waals surface area contributed by atoms with Crippen LogP contribution in [-0.4, -0.2) is 12.5 Å². The maximum Gasteiger partial charge on any atom is 0.223 e. The second-order valence-electron chi connectivity index (χ2n) is 5.45. The van der Waals surface area contributed by atoms with Crippen LogP contribution in [0.4, 0.5) is 0 Å². The topological polar surface area (TPSA) is 29.1 Å². The van der Waals surface area contributed by atoms with Crippen molar-refractivity contribution in [3.05, 3.63) is 0 Å². The van der Waals surface area contributed by atoms with Gasteiger partial charge in [0.25, 0.3) is 0 Å². The third-order valence-corrected chi connectivity index (χ3v) is 4.37. The molecule has 3 aliphatic rings. The van der Waals surface area contributed by atoms with Crippen LogP contribution in [0.2, 0.25) is 0 Å². The average molecular weight is 193 g/mol. The van der Waals surface area contributed by atoms with Crippen molar-refractivity contribution >= 4 is 5.91 Å². The summed E-state index contributed by atoms with van der Waals surface area (Å²) in [6.07, 6.45) is 7.97. The molecular formula is C12H19NO. The Balaban J connectivity index is 1.46. The molecule has 78 valence electrons. The molecule has 3 aliphatic carbocycles. The summed E-state index contributed by atoms with van der Waals surface area (Å²) in [5.41, 5.74) is 0. The summed E-state index contributed by atoms with van der Waals surface area (Å²) in [5, 5.41) is 3.13. The lowest BCUT2D eigenvalue weighted by Gasteiger charge is -2.21. The highest BCUT2D eigenvalue weighted by Crippen LogP contribution is 2.48. The van der Waals surface area contributed by atoms with Crippen molar-refractivity contribution in [1.29, 1.82) is 0 Å². The van der Waals surface area contributed by atoms with E-state index in [1.165, 1.54) is 25.7 Å². The van der Waals surface area contributed by atoms with Crippen molar-refractivity contribution in [1.82, 2.24) is 5.32 Å². The standard InChI is InChI=1S/C12H19NO/c14-12(9-3-4-9)13-7-11-6-8-1-2-10(11)5-8/h8-11H,1-7H2,(H,13,14). The van der Waals surface area contributed by atoms with Gasteiger partial charge < -0.3 is 5.32 Å². The van der Waals surface area contributed by atoms with Crippen LogP contribution in [0.15, 0.2) is 0 Å². The van der Waals surface area contributed by atoms with Crippen LogP contribution in [0, 0.1) is 23.7 Å². The van der Waals surface area contributed by atoms with E-state index >= 15 is 0 Å². The Kier molecular flexibility index (Phi) is 2.03. The van der Waals surface area contributed by atoms with Crippen LogP contribution in [-0.2, 0) is 4.79 Å². The van der Waals surface area contributed by atoms with Crippen LogP contribution in [0.3, 0.4) is 0 Å². The van der Waals surface area contributed by atoms with Gasteiger partial charge in [-0.1, -0.05) is 6.42 Å². The maximum atomic E-state index is 11.5. The minimum Gasteiger partial charge on any atom is -0.356 e. The largest absolute Gasteiger partial charge is 0.356 e. The first kappa shape index (κ1) is 8.75. The molecule has 1 N–H and O–H groups in total. The Morgan fingerprint density at radius 3 is 2.57 bits per heavy atom. The van der Waals surface area contributed by atoms with Gasteiger partial charge in [0, 0.05) is 12.5 Å². The van der Waals surface area contributed by atoms with Gasteiger partial charge in [-0.25, -0.2) is 0 Å². The van der Waals surface area contributed by atoms with Gasteiger partial charge in [0.1, 0.15) is 0 Å². The molecular weight excluding hydrogens is 174 g/mol. The number of rotatable bonds is 3. The number of nitrogens with one attached hydrogen (secondary N) is 1. The molecule has 2 bridgehead atoms. The fraction of sp³-hybridized carbons (Fsp3) is 0.917. The van der Waals surface area contributed by atoms with Crippen LogP contribution in [0.5, 0.6) is 0 Å². The third-order valence-electron chi connectivity index (χ3n) is 4.37. The molecule has 3 saturated carbocycles. The van der Waals surface area contributed by atoms with E-state index in [2.05, 4.69) is 5.32 Å². The van der Waals surface area contributed by atoms with E-state index in [4.69, 9.17) is 0 Å². The summed E-state index contributed by atoms with van der Waals surface area (Å²) in [7, 11) is 0. The molecule has 0 radical (unpaired) electrons. The second-order valence-corrected chi connectivity index (χ2v) is 5.45. The Bertz CT molecular complexity index is 247. The van der Waals surface area contributed by atoms with Gasteiger partial charge in [-0.2, -0.15) is 0 Å². The molecule has 0 spiro atoms. The molecule has 0 aromatic carbocycles. The van der Waals surface area contributed by atoms with Crippen LogP contribution in [0.25, 0.3) is 0 Å². The molecule has 2 heteroatoms. The van der Waals surface area contributed by atoms with Gasteiger partial charge >= 0.3 is 0 Å². The first-order chi connectivity index (χ1) is 6.83. The van der Waals surface area contributed by atoms with Crippen molar-refractivity contribution in [3.63, 3.8) is 0 Å². The summed E-state index contributed by atoms with van der Waals surface area (Å²) >= 11 is 0. The minimum absolute atomic E-state index is 0.327. The highest BCUT2D eigenvalue weighted by molar-refractivity contribution is 5.80. The second kappa shape index (κ2) is 3.25. The smallest absolute Gasteiger partial charge is 0.223 e. The molecule has 0 saturated heterocycles. The highest BCUT2D eigenvalue weighted by Gasteiger charge is 2.39. The van der Waals surface area contributed by atoms with Crippen LogP contribution < -0.4 is 5.32 Å². The predicted molar refractivity (Wildman–Crippen MR) is 54.7 cm³/mol. The maximum absolute atomic E-state index is 11.5. The number of hydrogen-bond acceptors (Lipinski definition) is 1. The normalized spacial score (nSPS) is 40.1. The number of carbonyl (C=O) groups is 1. The summed E-state index contributed by atoms with van der Waals surface area (Å²) < 4.78 is 0. The lowest BCUT2D eigenvalue weighted by Crippen LogP contribution is -2.32. The molecule has 0 aromatic heterocycles. The Morgan fingerprint density at radius 2 is 2.00 bits per heavy atom. The van der Waals surface area contributed by atoms with E-state index in [-0.39, 0.29) is 0 Å². The van der Waals surface area contributed by atoms with E-state index in [0.717, 1.165) is 37.1 Å². The number of amides is 1. The van der Waals surface area contributed by atoms with Crippen molar-refractivity contribution < 1.29 is 4.79 Å². The Labute approximate surface area is 85.4 Å². The van der Waals surface area contributed by atoms with Crippen molar-refractivity contribution in [2.24, 2.45) is 23.7 Å². The first-order valence-electron chi connectivity index (χ1n) is 6.10. The summed E-state index contributed by atoms with van der Waals surface area (Å²) in [4.78, 5) is 11.5. The molecule has 1 amide bonds. The molecule has 0 aliphatic heterocycles. The average Bonchev–Trinajstić information content (AvgIpc) is 2.85. The summed E-state index contributed by atoms with van der Waals surface area (Å²) in [6, 6.07) is 0. The quantitative estimate of drug-likeness (QED) is 0.729. The zero-order chi connectivity index (χ0) is 9.54. The number of fused-ring (bicyclic) bond motifs is 2. The Morgan fingerprint density at radius 1 is 1.14 bits per heavy atom. The predicted octanol–water partition coefficient (Wildman–Crippen LogP) is 1.95. The number of hydrogen-bond donors (Lipinski definition) is 1. The zero-order valence-corrected chi connectivity index (χ0v) is 8.67. The first-order valence-corrected chi connectivity index (χ1v) is 6.10. The summed E-state index contributed by atoms with van der Waals surface area (Å²) in [5.74, 6) is 3.47. The van der Waals surface area contributed by atoms with Gasteiger partial charge in [0.2, 0.25) is 5.91 Å². The van der Waals surface area contributed by atoms with Gasteiger partial charge in [0.15, 0.2) is 0 Å². The van der Waals surface area contributed by atoms with E-state index in [1.807, 2.05) is 0 Å². The summed E-state index contributed by atoms with van der Waals surface area (Å²) in [6.45, 7) is 0.969. The molecule has 2 nitrogen and oxygen atoms in total. The van der Waals surface area contributed by atoms with Gasteiger partial charge in [-0.15, -0.1) is 0 Å². The third kappa shape index (κ3) is 1.55. The Hall–Kier alpha value is -0.530. The van der Waals surface area contributed by atoms with E-state index < -0.39 is 0 Å². The number of carbonyl (C=O) groups excluding carboxylic acids is 1. The minimum atomic E-state index is 0.327. The molecule has 14 heavy (non-hydrogen) atoms. The van der Waals surface area contributed by atoms with Crippen molar-refractivity contribution in [3.8, 4) is 0 Å². The molecule has 3 unspecified atom stereocenters. The molecule has 3 rings (SSSR count). The lowest BCUT2D eigenvalue weighted by atomic mass is 9.89. The van der Waals surface area contributed by atoms with Gasteiger partial charge in [0.05, 0.1) is 0 Å². The fourth-order valence-electron chi connectivity index (χ4n) is 3.35.